The number of ether oxygens (including phenoxy) is 3. The Kier molecular flexibility index (Phi) is 12.2. The number of nitrogens with two attached hydrogens (primary N) is 1. The highest BCUT2D eigenvalue weighted by atomic mass is 35.5. The number of amides is 1. The van der Waals surface area contributed by atoms with E-state index in [0.717, 1.165) is 21.6 Å². The van der Waals surface area contributed by atoms with Crippen molar-refractivity contribution < 1.29 is 38.6 Å². The van der Waals surface area contributed by atoms with Crippen LogP contribution in [0.2, 0.25) is 10.0 Å². The summed E-state index contributed by atoms with van der Waals surface area (Å²) in [5.41, 5.74) is 10.3. The quantitative estimate of drug-likeness (QED) is 0.111. The van der Waals surface area contributed by atoms with Crippen LogP contribution in [0.5, 0.6) is 11.5 Å². The van der Waals surface area contributed by atoms with Crippen molar-refractivity contribution in [2.75, 3.05) is 13.2 Å². The first kappa shape index (κ1) is 37.5. The van der Waals surface area contributed by atoms with Gasteiger partial charge in [-0.05, 0) is 60.4 Å². The number of hydrogen-bond donors (Lipinski definition) is 3. The number of aliphatic hydroxyl groups excluding tert-OH is 1. The van der Waals surface area contributed by atoms with Crippen molar-refractivity contribution >= 4 is 46.1 Å². The highest BCUT2D eigenvalue weighted by molar-refractivity contribution is 6.34. The predicted octanol–water partition coefficient (Wildman–Crippen LogP) is 6.27. The molecule has 5 aromatic rings. The maximum atomic E-state index is 13.6. The number of aliphatic carboxylic acids is 1. The van der Waals surface area contributed by atoms with E-state index in [4.69, 9.17) is 47.8 Å². The standard InChI is InChI=1S/C37H38Cl2N4O8/c1-37(2,3)50-21-28(40)35(45)43(31(18-44)36(46)47)17-25-15-27(38)33(16-32(25)48-19-22-12-13-29-30(14-22)42-51-41-29)49-20-24-10-7-11-26(34(24)39)23-8-5-4-6-9-23/h4-16,28,31,44H,17-21,40H2,1-3H3,(H,46,47)/t28-,31-/m1/s1. The molecule has 2 atom stereocenters. The summed E-state index contributed by atoms with van der Waals surface area (Å²) in [6.45, 7) is 4.13. The minimum absolute atomic E-state index is 0.0388. The Morgan fingerprint density at radius 3 is 2.33 bits per heavy atom. The Morgan fingerprint density at radius 1 is 0.902 bits per heavy atom. The van der Waals surface area contributed by atoms with Gasteiger partial charge in [0.15, 0.2) is 6.04 Å². The van der Waals surface area contributed by atoms with Crippen LogP contribution in [0.1, 0.15) is 37.5 Å². The fourth-order valence-electron chi connectivity index (χ4n) is 5.17. The lowest BCUT2D eigenvalue weighted by molar-refractivity contribution is -0.154. The first-order valence-corrected chi connectivity index (χ1v) is 16.8. The third-order valence-electron chi connectivity index (χ3n) is 7.85. The van der Waals surface area contributed by atoms with Crippen molar-refractivity contribution in [3.63, 3.8) is 0 Å². The molecular weight excluding hydrogens is 699 g/mol. The Hall–Kier alpha value is -4.72. The Morgan fingerprint density at radius 2 is 1.63 bits per heavy atom. The lowest BCUT2D eigenvalue weighted by Gasteiger charge is -2.32. The van der Waals surface area contributed by atoms with Gasteiger partial charge in [0, 0.05) is 22.8 Å². The highest BCUT2D eigenvalue weighted by Crippen LogP contribution is 2.37. The average Bonchev–Trinajstić information content (AvgIpc) is 3.58. The average molecular weight is 738 g/mol. The van der Waals surface area contributed by atoms with E-state index in [-0.39, 0.29) is 42.9 Å². The summed E-state index contributed by atoms with van der Waals surface area (Å²) in [5.74, 6) is -1.69. The molecule has 0 spiro atoms. The second kappa shape index (κ2) is 16.5. The second-order valence-corrected chi connectivity index (χ2v) is 13.5. The molecule has 0 saturated heterocycles. The van der Waals surface area contributed by atoms with Crippen molar-refractivity contribution in [2.45, 2.75) is 58.2 Å². The molecule has 0 bridgehead atoms. The summed E-state index contributed by atoms with van der Waals surface area (Å²) >= 11 is 13.6. The number of halogens is 2. The molecule has 14 heteroatoms. The fraction of sp³-hybridized carbons (Fsp3) is 0.297. The van der Waals surface area contributed by atoms with Gasteiger partial charge >= 0.3 is 5.97 Å². The maximum absolute atomic E-state index is 13.6. The van der Waals surface area contributed by atoms with Crippen LogP contribution in [0, 0.1) is 0 Å². The molecule has 4 N–H and O–H groups in total. The van der Waals surface area contributed by atoms with Crippen molar-refractivity contribution in [3.05, 3.63) is 106 Å². The van der Waals surface area contributed by atoms with Gasteiger partial charge in [-0.2, -0.15) is 0 Å². The molecule has 0 radical (unpaired) electrons. The first-order chi connectivity index (χ1) is 24.3. The van der Waals surface area contributed by atoms with Crippen molar-refractivity contribution in [3.8, 4) is 22.6 Å². The molecule has 0 unspecified atom stereocenters. The SMILES string of the molecule is CC(C)(C)OC[C@@H](N)C(=O)N(Cc1cc(Cl)c(OCc2cccc(-c3ccccc3)c2Cl)cc1OCc1ccc2nonc2c1)[C@H](CO)C(=O)O. The second-order valence-electron chi connectivity index (χ2n) is 12.7. The van der Waals surface area contributed by atoms with Gasteiger partial charge in [-0.25, -0.2) is 9.42 Å². The van der Waals surface area contributed by atoms with Crippen LogP contribution in [-0.4, -0.2) is 68.2 Å². The van der Waals surface area contributed by atoms with Gasteiger partial charge in [0.1, 0.15) is 41.8 Å². The smallest absolute Gasteiger partial charge is 0.328 e. The maximum Gasteiger partial charge on any atom is 0.328 e. The van der Waals surface area contributed by atoms with Crippen LogP contribution in [0.3, 0.4) is 0 Å². The van der Waals surface area contributed by atoms with Gasteiger partial charge in [-0.1, -0.05) is 77.8 Å². The van der Waals surface area contributed by atoms with Gasteiger partial charge in [0.2, 0.25) is 5.91 Å². The largest absolute Gasteiger partial charge is 0.488 e. The molecular formula is C37H38Cl2N4O8. The van der Waals surface area contributed by atoms with E-state index in [9.17, 15) is 19.8 Å². The number of nitrogens with zero attached hydrogens (tertiary/aromatic N) is 3. The van der Waals surface area contributed by atoms with Gasteiger partial charge in [-0.15, -0.1) is 0 Å². The molecule has 0 aliphatic rings. The molecule has 1 amide bonds. The fourth-order valence-corrected chi connectivity index (χ4v) is 5.70. The number of fused-ring (bicyclic) bond motifs is 1. The molecule has 5 rings (SSSR count). The third kappa shape index (κ3) is 9.54. The zero-order valence-corrected chi connectivity index (χ0v) is 29.7. The van der Waals surface area contributed by atoms with Crippen molar-refractivity contribution in [2.24, 2.45) is 5.73 Å². The molecule has 1 heterocycles. The normalized spacial score (nSPS) is 12.8. The predicted molar refractivity (Wildman–Crippen MR) is 192 cm³/mol. The number of aromatic nitrogens is 2. The van der Waals surface area contributed by atoms with Crippen LogP contribution in [0.25, 0.3) is 22.2 Å². The molecule has 0 fully saturated rings. The first-order valence-electron chi connectivity index (χ1n) is 16.0. The molecule has 4 aromatic carbocycles. The Labute approximate surface area is 304 Å². The summed E-state index contributed by atoms with van der Waals surface area (Å²) in [4.78, 5) is 26.9. The molecule has 1 aromatic heterocycles. The summed E-state index contributed by atoms with van der Waals surface area (Å²) in [7, 11) is 0. The molecule has 51 heavy (non-hydrogen) atoms. The monoisotopic (exact) mass is 736 g/mol. The Bertz CT molecular complexity index is 1980. The lowest BCUT2D eigenvalue weighted by Crippen LogP contribution is -2.54. The minimum Gasteiger partial charge on any atom is -0.488 e. The number of rotatable bonds is 15. The number of carboxylic acids is 1. The van der Waals surface area contributed by atoms with Crippen molar-refractivity contribution in [1.29, 1.82) is 0 Å². The van der Waals surface area contributed by atoms with Gasteiger partial charge in [0.05, 0.1) is 35.4 Å². The summed E-state index contributed by atoms with van der Waals surface area (Å²) in [5, 5.41) is 28.4. The molecule has 12 nitrogen and oxygen atoms in total. The summed E-state index contributed by atoms with van der Waals surface area (Å²) < 4.78 is 22.9. The summed E-state index contributed by atoms with van der Waals surface area (Å²) in [6, 6.07) is 20.9. The molecule has 0 aliphatic carbocycles. The van der Waals surface area contributed by atoms with Gasteiger partial charge in [-0.3, -0.25) is 4.79 Å². The van der Waals surface area contributed by atoms with Crippen LogP contribution in [0.4, 0.5) is 0 Å². The number of carbonyl (C=O) groups is 2. The zero-order valence-electron chi connectivity index (χ0n) is 28.2. The molecule has 0 aliphatic heterocycles. The number of benzene rings is 4. The van der Waals surface area contributed by atoms with Gasteiger partial charge < -0.3 is 35.1 Å². The van der Waals surface area contributed by atoms with Crippen molar-refractivity contribution in [1.82, 2.24) is 15.2 Å². The van der Waals surface area contributed by atoms with E-state index >= 15 is 0 Å². The zero-order chi connectivity index (χ0) is 36.7. The topological polar surface area (TPSA) is 170 Å². The van der Waals surface area contributed by atoms with E-state index in [1.54, 1.807) is 45.0 Å². The van der Waals surface area contributed by atoms with Crippen LogP contribution in [0.15, 0.2) is 83.5 Å². The van der Waals surface area contributed by atoms with Crippen LogP contribution in [-0.2, 0) is 34.1 Å². The number of aliphatic hydroxyl groups is 1. The van der Waals surface area contributed by atoms with Crippen LogP contribution < -0.4 is 15.2 Å². The van der Waals surface area contributed by atoms with E-state index in [2.05, 4.69) is 10.3 Å². The number of carboxylic acid groups (broad SMARTS) is 1. The Balaban J connectivity index is 1.47. The molecule has 0 saturated carbocycles. The van der Waals surface area contributed by atoms with Gasteiger partial charge in [0.25, 0.3) is 0 Å². The minimum atomic E-state index is -1.62. The van der Waals surface area contributed by atoms with E-state index in [0.29, 0.717) is 27.2 Å². The number of hydrogen-bond acceptors (Lipinski definition) is 10. The van der Waals surface area contributed by atoms with E-state index in [1.807, 2.05) is 48.5 Å². The third-order valence-corrected chi connectivity index (χ3v) is 8.59. The summed E-state index contributed by atoms with van der Waals surface area (Å²) in [6.07, 6.45) is 0. The lowest BCUT2D eigenvalue weighted by atomic mass is 10.0. The number of carbonyl (C=O) groups excluding carboxylic acids is 1. The van der Waals surface area contributed by atoms with E-state index in [1.165, 1.54) is 6.07 Å². The molecule has 268 valence electrons. The van der Waals surface area contributed by atoms with Crippen LogP contribution >= 0.6 is 23.2 Å². The highest BCUT2D eigenvalue weighted by Gasteiger charge is 2.34. The van der Waals surface area contributed by atoms with E-state index < -0.39 is 36.2 Å².